The van der Waals surface area contributed by atoms with Crippen molar-refractivity contribution in [1.29, 1.82) is 0 Å². The van der Waals surface area contributed by atoms with Crippen LogP contribution in [0.3, 0.4) is 0 Å². The maximum Gasteiger partial charge on any atom is 0.258 e. The van der Waals surface area contributed by atoms with Crippen molar-refractivity contribution >= 4 is 5.91 Å². The number of fused-ring (bicyclic) bond motifs is 4. The zero-order chi connectivity index (χ0) is 17.7. The van der Waals surface area contributed by atoms with E-state index in [0.29, 0.717) is 17.1 Å². The van der Waals surface area contributed by atoms with Crippen molar-refractivity contribution in [3.63, 3.8) is 0 Å². The van der Waals surface area contributed by atoms with E-state index in [2.05, 4.69) is 0 Å². The van der Waals surface area contributed by atoms with Gasteiger partial charge >= 0.3 is 0 Å². The predicted molar refractivity (Wildman–Crippen MR) is 90.5 cm³/mol. The van der Waals surface area contributed by atoms with Crippen LogP contribution in [0.15, 0.2) is 30.3 Å². The minimum Gasteiger partial charge on any atom is -0.497 e. The highest BCUT2D eigenvalue weighted by Gasteiger charge is 2.46. The van der Waals surface area contributed by atoms with Crippen molar-refractivity contribution in [3.05, 3.63) is 47.0 Å². The number of benzene rings is 2. The predicted octanol–water partition coefficient (Wildman–Crippen LogP) is 3.32. The molecule has 4 rings (SSSR count). The molecule has 2 heterocycles. The van der Waals surface area contributed by atoms with Crippen LogP contribution in [-0.2, 0) is 0 Å². The van der Waals surface area contributed by atoms with E-state index in [1.807, 2.05) is 31.2 Å². The van der Waals surface area contributed by atoms with Crippen molar-refractivity contribution in [2.45, 2.75) is 19.2 Å². The topological polar surface area (TPSA) is 57.2 Å². The Bertz CT molecular complexity index is 863. The number of rotatable bonds is 3. The summed E-state index contributed by atoms with van der Waals surface area (Å²) in [5.74, 6) is 2.51. The third-order valence-corrected chi connectivity index (χ3v) is 4.86. The van der Waals surface area contributed by atoms with Gasteiger partial charge in [-0.25, -0.2) is 0 Å². The van der Waals surface area contributed by atoms with E-state index in [0.717, 1.165) is 22.6 Å². The van der Waals surface area contributed by atoms with Gasteiger partial charge in [-0.3, -0.25) is 9.69 Å². The van der Waals surface area contributed by atoms with Gasteiger partial charge in [-0.05, 0) is 37.3 Å². The standard InChI is InChI=1S/C19H19NO5/c1-10-12-7-11(22-2)5-6-15(12)25-19-14-9-17(24-4)16(23-3)8-13(14)18(21)20(10)19/h5-10,19H,1-4H3/t10-,19-/m1/s1. The Hall–Kier alpha value is -2.89. The van der Waals surface area contributed by atoms with Gasteiger partial charge in [0.1, 0.15) is 11.5 Å². The van der Waals surface area contributed by atoms with Gasteiger partial charge in [-0.1, -0.05) is 0 Å². The van der Waals surface area contributed by atoms with Crippen LogP contribution in [0.2, 0.25) is 0 Å². The Morgan fingerprint density at radius 3 is 2.36 bits per heavy atom. The average Bonchev–Trinajstić information content (AvgIpc) is 2.92. The molecule has 2 aliphatic rings. The van der Waals surface area contributed by atoms with Crippen LogP contribution < -0.4 is 18.9 Å². The van der Waals surface area contributed by atoms with Gasteiger partial charge in [0, 0.05) is 11.1 Å². The number of amides is 1. The summed E-state index contributed by atoms with van der Waals surface area (Å²) in [5, 5.41) is 0. The van der Waals surface area contributed by atoms with Crippen molar-refractivity contribution in [2.24, 2.45) is 0 Å². The molecule has 2 aliphatic heterocycles. The van der Waals surface area contributed by atoms with E-state index in [4.69, 9.17) is 18.9 Å². The number of nitrogens with zero attached hydrogens (tertiary/aromatic N) is 1. The summed E-state index contributed by atoms with van der Waals surface area (Å²) in [6.07, 6.45) is -0.474. The van der Waals surface area contributed by atoms with Crippen LogP contribution >= 0.6 is 0 Å². The first-order chi connectivity index (χ1) is 12.1. The second-order valence-electron chi connectivity index (χ2n) is 6.06. The molecular formula is C19H19NO5. The monoisotopic (exact) mass is 341 g/mol. The van der Waals surface area contributed by atoms with Gasteiger partial charge in [0.25, 0.3) is 5.91 Å². The molecule has 2 aromatic carbocycles. The van der Waals surface area contributed by atoms with Crippen LogP contribution in [0.1, 0.15) is 40.7 Å². The van der Waals surface area contributed by atoms with Crippen LogP contribution in [-0.4, -0.2) is 32.1 Å². The summed E-state index contributed by atoms with van der Waals surface area (Å²) in [6.45, 7) is 1.99. The summed E-state index contributed by atoms with van der Waals surface area (Å²) >= 11 is 0. The summed E-state index contributed by atoms with van der Waals surface area (Å²) in [6, 6.07) is 9.04. The first-order valence-electron chi connectivity index (χ1n) is 8.02. The van der Waals surface area contributed by atoms with E-state index in [1.54, 1.807) is 32.3 Å². The van der Waals surface area contributed by atoms with E-state index in [-0.39, 0.29) is 11.9 Å². The van der Waals surface area contributed by atoms with Gasteiger partial charge in [-0.15, -0.1) is 0 Å². The quantitative estimate of drug-likeness (QED) is 0.857. The second kappa shape index (κ2) is 5.58. The highest BCUT2D eigenvalue weighted by Crippen LogP contribution is 2.50. The largest absolute Gasteiger partial charge is 0.497 e. The molecule has 2 aromatic rings. The SMILES string of the molecule is COc1ccc2c(c1)[C@@H](C)N1C(=O)c3cc(OC)c(OC)cc3[C@H]1O2. The molecule has 0 saturated carbocycles. The van der Waals surface area contributed by atoms with E-state index < -0.39 is 6.23 Å². The van der Waals surface area contributed by atoms with Crippen molar-refractivity contribution in [2.75, 3.05) is 21.3 Å². The van der Waals surface area contributed by atoms with Crippen molar-refractivity contribution in [3.8, 4) is 23.0 Å². The molecule has 0 saturated heterocycles. The molecular weight excluding hydrogens is 322 g/mol. The lowest BCUT2D eigenvalue weighted by atomic mass is 10.0. The Morgan fingerprint density at radius 2 is 1.68 bits per heavy atom. The van der Waals surface area contributed by atoms with E-state index in [9.17, 15) is 4.79 Å². The zero-order valence-corrected chi connectivity index (χ0v) is 14.5. The molecule has 0 radical (unpaired) electrons. The molecule has 0 bridgehead atoms. The number of hydrogen-bond donors (Lipinski definition) is 0. The lowest BCUT2D eigenvalue weighted by molar-refractivity contribution is -0.00198. The smallest absolute Gasteiger partial charge is 0.258 e. The zero-order valence-electron chi connectivity index (χ0n) is 14.5. The number of methoxy groups -OCH3 is 3. The third-order valence-electron chi connectivity index (χ3n) is 4.86. The van der Waals surface area contributed by atoms with Gasteiger partial charge in [-0.2, -0.15) is 0 Å². The lowest BCUT2D eigenvalue weighted by Gasteiger charge is -2.37. The van der Waals surface area contributed by atoms with Crippen LogP contribution in [0.5, 0.6) is 23.0 Å². The molecule has 1 amide bonds. The number of ether oxygens (including phenoxy) is 4. The fourth-order valence-corrected chi connectivity index (χ4v) is 3.54. The van der Waals surface area contributed by atoms with Gasteiger partial charge in [0.05, 0.1) is 32.9 Å². The Balaban J connectivity index is 1.83. The maximum atomic E-state index is 13.0. The number of hydrogen-bond acceptors (Lipinski definition) is 5. The van der Waals surface area contributed by atoms with Gasteiger partial charge in [0.15, 0.2) is 11.5 Å². The second-order valence-corrected chi connectivity index (χ2v) is 6.06. The average molecular weight is 341 g/mol. The molecule has 6 nitrogen and oxygen atoms in total. The van der Waals surface area contributed by atoms with Crippen LogP contribution in [0, 0.1) is 0 Å². The molecule has 0 fully saturated rings. The van der Waals surface area contributed by atoms with E-state index >= 15 is 0 Å². The van der Waals surface area contributed by atoms with Crippen LogP contribution in [0.4, 0.5) is 0 Å². The molecule has 130 valence electrons. The molecule has 0 aromatic heterocycles. The van der Waals surface area contributed by atoms with Gasteiger partial charge in [0.2, 0.25) is 6.23 Å². The molecule has 0 unspecified atom stereocenters. The summed E-state index contributed by atoms with van der Waals surface area (Å²) in [5.41, 5.74) is 2.29. The minimum atomic E-state index is -0.474. The molecule has 0 N–H and O–H groups in total. The molecule has 2 atom stereocenters. The molecule has 0 aliphatic carbocycles. The Kier molecular flexibility index (Phi) is 3.49. The van der Waals surface area contributed by atoms with Crippen LogP contribution in [0.25, 0.3) is 0 Å². The molecule has 6 heteroatoms. The van der Waals surface area contributed by atoms with Crippen molar-refractivity contribution in [1.82, 2.24) is 4.90 Å². The lowest BCUT2D eigenvalue weighted by Crippen LogP contribution is -2.37. The van der Waals surface area contributed by atoms with E-state index in [1.165, 1.54) is 0 Å². The third kappa shape index (κ3) is 2.13. The minimum absolute atomic E-state index is 0.0816. The Morgan fingerprint density at radius 1 is 0.960 bits per heavy atom. The highest BCUT2D eigenvalue weighted by atomic mass is 16.5. The highest BCUT2D eigenvalue weighted by molar-refractivity contribution is 6.00. The molecule has 0 spiro atoms. The molecule has 25 heavy (non-hydrogen) atoms. The summed E-state index contributed by atoms with van der Waals surface area (Å²) in [4.78, 5) is 14.7. The van der Waals surface area contributed by atoms with Gasteiger partial charge < -0.3 is 18.9 Å². The Labute approximate surface area is 145 Å². The van der Waals surface area contributed by atoms with Crippen molar-refractivity contribution < 1.29 is 23.7 Å². The summed E-state index contributed by atoms with van der Waals surface area (Å²) in [7, 11) is 4.75. The first-order valence-corrected chi connectivity index (χ1v) is 8.02. The summed E-state index contributed by atoms with van der Waals surface area (Å²) < 4.78 is 22.2. The maximum absolute atomic E-state index is 13.0. The first kappa shape index (κ1) is 15.6. The number of carbonyl (C=O) groups excluding carboxylic acids is 1. The normalized spacial score (nSPS) is 20.3. The number of carbonyl (C=O) groups is 1. The fourth-order valence-electron chi connectivity index (χ4n) is 3.54. The fraction of sp³-hybridized carbons (Fsp3) is 0.316.